The van der Waals surface area contributed by atoms with E-state index in [9.17, 15) is 29.1 Å². The number of aliphatic hydroxyl groups excluding tert-OH is 1. The molecule has 0 bridgehead atoms. The quantitative estimate of drug-likeness (QED) is 0.113. The van der Waals surface area contributed by atoms with Crippen molar-refractivity contribution in [2.45, 2.75) is 85.0 Å². The van der Waals surface area contributed by atoms with Gasteiger partial charge >= 0.3 is 0 Å². The van der Waals surface area contributed by atoms with Crippen LogP contribution in [0.2, 0.25) is 0 Å². The second-order valence-electron chi connectivity index (χ2n) is 17.4. The molecule has 3 fully saturated rings. The van der Waals surface area contributed by atoms with Gasteiger partial charge in [0.2, 0.25) is 23.6 Å². The number of aryl methyl sites for hydroxylation is 1. The number of carbonyl (C=O) groups is 5. The number of rotatable bonds is 15. The average molecular weight is 844 g/mol. The van der Waals surface area contributed by atoms with Crippen LogP contribution in [-0.4, -0.2) is 131 Å². The van der Waals surface area contributed by atoms with Crippen molar-refractivity contribution < 1.29 is 29.1 Å². The van der Waals surface area contributed by atoms with Gasteiger partial charge in [0.1, 0.15) is 12.1 Å². The van der Waals surface area contributed by atoms with Gasteiger partial charge in [0.25, 0.3) is 5.91 Å². The average Bonchev–Trinajstić information content (AvgIpc) is 3.83. The summed E-state index contributed by atoms with van der Waals surface area (Å²) in [5.41, 5.74) is 11.3. The van der Waals surface area contributed by atoms with E-state index >= 15 is 0 Å². The maximum Gasteiger partial charge on any atom is 0.265 e. The van der Waals surface area contributed by atoms with Crippen molar-refractivity contribution in [1.29, 1.82) is 0 Å². The van der Waals surface area contributed by atoms with E-state index in [1.165, 1.54) is 4.90 Å². The van der Waals surface area contributed by atoms with Crippen molar-refractivity contribution in [3.05, 3.63) is 70.9 Å². The molecule has 3 saturated heterocycles. The highest BCUT2D eigenvalue weighted by Crippen LogP contribution is 2.30. The number of piperazine rings is 1. The van der Waals surface area contributed by atoms with Crippen LogP contribution in [0.15, 0.2) is 54.0 Å². The van der Waals surface area contributed by atoms with Crippen LogP contribution in [0.5, 0.6) is 0 Å². The Morgan fingerprint density at radius 3 is 2.23 bits per heavy atom. The van der Waals surface area contributed by atoms with Crippen LogP contribution in [0.25, 0.3) is 10.4 Å². The van der Waals surface area contributed by atoms with Crippen LogP contribution in [0.3, 0.4) is 0 Å². The summed E-state index contributed by atoms with van der Waals surface area (Å²) >= 11 is 1.58. The second kappa shape index (κ2) is 19.7. The fourth-order valence-corrected chi connectivity index (χ4v) is 8.83. The van der Waals surface area contributed by atoms with Crippen LogP contribution < -0.4 is 26.4 Å². The van der Waals surface area contributed by atoms with Gasteiger partial charge in [-0.1, -0.05) is 52.0 Å². The first-order chi connectivity index (χ1) is 28.6. The molecule has 5 N–H and O–H groups in total. The van der Waals surface area contributed by atoms with Gasteiger partial charge in [-0.15, -0.1) is 11.3 Å². The van der Waals surface area contributed by atoms with E-state index in [0.717, 1.165) is 60.0 Å². The van der Waals surface area contributed by atoms with E-state index < -0.39 is 29.5 Å². The van der Waals surface area contributed by atoms with Crippen molar-refractivity contribution in [3.8, 4) is 10.4 Å². The van der Waals surface area contributed by atoms with Gasteiger partial charge < -0.3 is 30.4 Å². The van der Waals surface area contributed by atoms with E-state index in [-0.39, 0.29) is 55.0 Å². The molecule has 6 rings (SSSR count). The number of aromatic nitrogens is 1. The summed E-state index contributed by atoms with van der Waals surface area (Å²) in [6.07, 6.45) is 0.325. The number of hydrazine groups is 1. The van der Waals surface area contributed by atoms with Gasteiger partial charge in [-0.25, -0.2) is 10.4 Å². The molecule has 60 heavy (non-hydrogen) atoms. The Balaban J connectivity index is 0.942. The molecule has 2 aromatic carbocycles. The number of hydrogen-bond donors (Lipinski definition) is 5. The topological polar surface area (TPSA) is 180 Å². The molecule has 0 aliphatic carbocycles. The van der Waals surface area contributed by atoms with Gasteiger partial charge in [0.15, 0.2) is 0 Å². The Morgan fingerprint density at radius 1 is 0.933 bits per heavy atom. The predicted octanol–water partition coefficient (Wildman–Crippen LogP) is 3.10. The molecular weight excluding hydrogens is 783 g/mol. The summed E-state index contributed by atoms with van der Waals surface area (Å²) in [6, 6.07) is 13.3. The minimum absolute atomic E-state index is 0.00405. The third-order valence-electron chi connectivity index (χ3n) is 11.6. The third kappa shape index (κ3) is 11.1. The zero-order valence-electron chi connectivity index (χ0n) is 35.7. The zero-order valence-corrected chi connectivity index (χ0v) is 36.5. The van der Waals surface area contributed by atoms with Crippen LogP contribution >= 0.6 is 11.3 Å². The van der Waals surface area contributed by atoms with Crippen molar-refractivity contribution in [2.75, 3.05) is 63.8 Å². The van der Waals surface area contributed by atoms with Crippen LogP contribution in [0, 0.1) is 18.3 Å². The largest absolute Gasteiger partial charge is 0.391 e. The molecule has 5 amide bonds. The molecule has 0 unspecified atom stereocenters. The van der Waals surface area contributed by atoms with Gasteiger partial charge in [-0.05, 0) is 61.1 Å². The lowest BCUT2D eigenvalue weighted by atomic mass is 9.85. The summed E-state index contributed by atoms with van der Waals surface area (Å²) in [5, 5.41) is 16.6. The Morgan fingerprint density at radius 2 is 1.62 bits per heavy atom. The standard InChI is InChI=1S/C44H61N9O6S/c1-7-16-46-49-41(57)33-12-14-34(15-13-33)51-19-17-50(18-20-51)26-38(56)52-23-30(24-52)21-37(55)48-40(44(4,5)6)43(59)53-25-35(54)22-36(53)42(58)47-28(2)31-8-10-32(11-9-31)39-29(3)45-27-60-39/h8-15,27-28,30,35-36,40,46,54H,7,16-26H2,1-6H3,(H,47,58)(H,48,55)(H,49,57)/t28-,35+,36-,40+/m0/s1. The maximum atomic E-state index is 14.1. The predicted molar refractivity (Wildman–Crippen MR) is 232 cm³/mol. The number of amides is 5. The molecule has 0 saturated carbocycles. The molecule has 4 atom stereocenters. The summed E-state index contributed by atoms with van der Waals surface area (Å²) in [5.74, 6) is -1.21. The number of carbonyl (C=O) groups excluding carboxylic acids is 5. The van der Waals surface area contributed by atoms with Gasteiger partial charge in [-0.2, -0.15) is 0 Å². The summed E-state index contributed by atoms with van der Waals surface area (Å²) in [7, 11) is 0. The highest BCUT2D eigenvalue weighted by Gasteiger charge is 2.45. The zero-order chi connectivity index (χ0) is 43.1. The number of hydrogen-bond acceptors (Lipinski definition) is 11. The van der Waals surface area contributed by atoms with Crippen molar-refractivity contribution in [3.63, 3.8) is 0 Å². The van der Waals surface area contributed by atoms with Crippen LogP contribution in [0.1, 0.15) is 81.5 Å². The smallest absolute Gasteiger partial charge is 0.265 e. The number of anilines is 1. The lowest BCUT2D eigenvalue weighted by molar-refractivity contribution is -0.145. The molecular formula is C44H61N9O6S. The Kier molecular flexibility index (Phi) is 14.6. The highest BCUT2D eigenvalue weighted by atomic mass is 32.1. The Hall–Kier alpha value is -4.90. The van der Waals surface area contributed by atoms with Crippen LogP contribution in [-0.2, 0) is 19.2 Å². The van der Waals surface area contributed by atoms with Gasteiger partial charge in [0.05, 0.1) is 34.8 Å². The summed E-state index contributed by atoms with van der Waals surface area (Å²) in [6.45, 7) is 16.4. The minimum Gasteiger partial charge on any atom is -0.391 e. The first kappa shape index (κ1) is 44.6. The molecule has 3 aliphatic heterocycles. The lowest BCUT2D eigenvalue weighted by Gasteiger charge is -2.42. The highest BCUT2D eigenvalue weighted by molar-refractivity contribution is 7.13. The van der Waals surface area contributed by atoms with Crippen molar-refractivity contribution in [2.24, 2.45) is 11.3 Å². The van der Waals surface area contributed by atoms with Gasteiger partial charge in [0, 0.05) is 82.4 Å². The Bertz CT molecular complexity index is 1970. The molecule has 324 valence electrons. The SMILES string of the molecule is CCCNNC(=O)c1ccc(N2CCN(CC(=O)N3CC(CC(=O)N[C@H](C(=O)N4C[C@H](O)C[C@H]4C(=O)N[C@@H](C)c4ccc(-c5scnc5C)cc4)C(C)(C)C)C3)CC2)cc1. The molecule has 15 nitrogen and oxygen atoms in total. The molecule has 3 aliphatic rings. The van der Waals surface area contributed by atoms with Crippen molar-refractivity contribution >= 4 is 46.6 Å². The third-order valence-corrected chi connectivity index (χ3v) is 12.6. The van der Waals surface area contributed by atoms with E-state index in [1.807, 2.05) is 95.6 Å². The molecule has 3 aromatic rings. The number of benzene rings is 2. The van der Waals surface area contributed by atoms with Crippen molar-refractivity contribution in [1.82, 2.24) is 41.2 Å². The van der Waals surface area contributed by atoms with E-state index in [2.05, 4.69) is 36.3 Å². The number of likely N-dealkylation sites (tertiary alicyclic amines) is 2. The number of nitrogens with zero attached hydrogens (tertiary/aromatic N) is 5. The van der Waals surface area contributed by atoms with Gasteiger partial charge in [-0.3, -0.25) is 34.3 Å². The first-order valence-corrected chi connectivity index (χ1v) is 22.0. The number of thiazole rings is 1. The molecule has 16 heteroatoms. The number of nitrogens with one attached hydrogen (secondary N) is 4. The summed E-state index contributed by atoms with van der Waals surface area (Å²) < 4.78 is 0. The molecule has 1 aromatic heterocycles. The van der Waals surface area contributed by atoms with E-state index in [1.54, 1.807) is 16.2 Å². The number of β-amino-alcohol motifs (C(OH)–C–C–N with tert-alkyl or cyclic N) is 1. The summed E-state index contributed by atoms with van der Waals surface area (Å²) in [4.78, 5) is 79.7. The Labute approximate surface area is 357 Å². The maximum absolute atomic E-state index is 14.1. The fourth-order valence-electron chi connectivity index (χ4n) is 8.02. The monoisotopic (exact) mass is 843 g/mol. The second-order valence-corrected chi connectivity index (χ2v) is 18.3. The molecule has 0 spiro atoms. The van der Waals surface area contributed by atoms with E-state index in [0.29, 0.717) is 31.7 Å². The molecule has 4 heterocycles. The minimum atomic E-state index is -0.924. The normalized spacial score (nSPS) is 19.7. The number of aliphatic hydroxyl groups is 1. The lowest BCUT2D eigenvalue weighted by Crippen LogP contribution is -2.59. The first-order valence-electron chi connectivity index (χ1n) is 21.1. The molecule has 0 radical (unpaired) electrons. The fraction of sp³-hybridized carbons (Fsp3) is 0.545. The van der Waals surface area contributed by atoms with Crippen LogP contribution in [0.4, 0.5) is 5.69 Å². The van der Waals surface area contributed by atoms with E-state index in [4.69, 9.17) is 0 Å².